The van der Waals surface area contributed by atoms with Gasteiger partial charge in [0, 0.05) is 12.6 Å². The Morgan fingerprint density at radius 3 is 2.67 bits per heavy atom. The minimum absolute atomic E-state index is 0.193. The quantitative estimate of drug-likeness (QED) is 0.536. The number of nitrogens with one attached hydrogen (secondary N) is 1. The average Bonchev–Trinajstić information content (AvgIpc) is 2.39. The Hall–Kier alpha value is -1.19. The van der Waals surface area contributed by atoms with Crippen molar-refractivity contribution >= 4 is 0 Å². The fraction of sp³-hybridized carbons (Fsp3) is 0.467. The van der Waals surface area contributed by atoms with Crippen LogP contribution in [-0.4, -0.2) is 19.8 Å². The van der Waals surface area contributed by atoms with Crippen LogP contribution in [0.2, 0.25) is 0 Å². The summed E-state index contributed by atoms with van der Waals surface area (Å²) < 4.78 is 18.3. The van der Waals surface area contributed by atoms with Gasteiger partial charge in [-0.3, -0.25) is 0 Å². The van der Waals surface area contributed by atoms with E-state index in [1.165, 1.54) is 12.1 Å². The van der Waals surface area contributed by atoms with Crippen LogP contribution >= 0.6 is 0 Å². The first-order chi connectivity index (χ1) is 8.77. The van der Waals surface area contributed by atoms with Crippen LogP contribution in [0.5, 0.6) is 0 Å². The first-order valence-electron chi connectivity index (χ1n) is 6.45. The van der Waals surface area contributed by atoms with Crippen LogP contribution < -0.4 is 5.32 Å². The van der Waals surface area contributed by atoms with Crippen molar-refractivity contribution in [3.8, 4) is 0 Å². The highest BCUT2D eigenvalue weighted by molar-refractivity contribution is 5.19. The van der Waals surface area contributed by atoms with E-state index in [1.54, 1.807) is 0 Å². The summed E-state index contributed by atoms with van der Waals surface area (Å²) in [5, 5.41) is 3.41. The summed E-state index contributed by atoms with van der Waals surface area (Å²) >= 11 is 0. The maximum atomic E-state index is 12.8. The van der Waals surface area contributed by atoms with Gasteiger partial charge in [-0.15, -0.1) is 6.58 Å². The maximum absolute atomic E-state index is 12.8. The van der Waals surface area contributed by atoms with Gasteiger partial charge in [0.15, 0.2) is 0 Å². The lowest BCUT2D eigenvalue weighted by atomic mass is 10.0. The molecule has 0 spiro atoms. The normalized spacial score (nSPS) is 12.3. The molecule has 0 aliphatic rings. The monoisotopic (exact) mass is 251 g/mol. The highest BCUT2D eigenvalue weighted by Crippen LogP contribution is 2.16. The van der Waals surface area contributed by atoms with Gasteiger partial charge in [0.25, 0.3) is 0 Å². The Morgan fingerprint density at radius 2 is 2.06 bits per heavy atom. The largest absolute Gasteiger partial charge is 0.380 e. The van der Waals surface area contributed by atoms with Crippen LogP contribution in [0, 0.1) is 5.82 Å². The number of hydrogen-bond acceptors (Lipinski definition) is 2. The first kappa shape index (κ1) is 14.9. The molecule has 0 heterocycles. The molecule has 1 unspecified atom stereocenters. The molecule has 1 aromatic carbocycles. The molecular formula is C15H22FNO. The van der Waals surface area contributed by atoms with Crippen LogP contribution in [0.15, 0.2) is 36.9 Å². The molecule has 1 N–H and O–H groups in total. The van der Waals surface area contributed by atoms with Gasteiger partial charge in [0.05, 0.1) is 13.2 Å². The van der Waals surface area contributed by atoms with Crippen molar-refractivity contribution in [1.82, 2.24) is 5.32 Å². The molecule has 0 amide bonds. The lowest BCUT2D eigenvalue weighted by molar-refractivity contribution is 0.138. The molecule has 2 nitrogen and oxygen atoms in total. The third-order valence-electron chi connectivity index (χ3n) is 2.78. The van der Waals surface area contributed by atoms with E-state index in [9.17, 15) is 4.39 Å². The van der Waals surface area contributed by atoms with Crippen LogP contribution in [0.25, 0.3) is 0 Å². The molecule has 0 radical (unpaired) electrons. The van der Waals surface area contributed by atoms with Gasteiger partial charge in [0.1, 0.15) is 5.82 Å². The average molecular weight is 251 g/mol. The molecule has 0 saturated heterocycles. The summed E-state index contributed by atoms with van der Waals surface area (Å²) in [6.45, 7) is 7.96. The second-order valence-electron chi connectivity index (χ2n) is 4.16. The Morgan fingerprint density at radius 1 is 1.33 bits per heavy atom. The van der Waals surface area contributed by atoms with E-state index in [0.717, 1.165) is 31.6 Å². The minimum Gasteiger partial charge on any atom is -0.380 e. The van der Waals surface area contributed by atoms with Crippen molar-refractivity contribution in [3.63, 3.8) is 0 Å². The van der Waals surface area contributed by atoms with Crippen LogP contribution in [0.3, 0.4) is 0 Å². The molecule has 3 heteroatoms. The van der Waals surface area contributed by atoms with Gasteiger partial charge in [-0.25, -0.2) is 4.39 Å². The highest BCUT2D eigenvalue weighted by Gasteiger charge is 2.07. The molecule has 0 aliphatic carbocycles. The summed E-state index contributed by atoms with van der Waals surface area (Å²) in [7, 11) is 0. The number of benzene rings is 1. The molecular weight excluding hydrogens is 229 g/mol. The van der Waals surface area contributed by atoms with Gasteiger partial charge in [0.2, 0.25) is 0 Å². The van der Waals surface area contributed by atoms with Crippen LogP contribution in [0.1, 0.15) is 31.4 Å². The van der Waals surface area contributed by atoms with E-state index in [4.69, 9.17) is 4.74 Å². The molecule has 0 aliphatic heterocycles. The molecule has 0 fully saturated rings. The van der Waals surface area contributed by atoms with Gasteiger partial charge < -0.3 is 10.1 Å². The Balaban J connectivity index is 2.29. The summed E-state index contributed by atoms with van der Waals surface area (Å²) in [6.07, 6.45) is 3.70. The van der Waals surface area contributed by atoms with E-state index >= 15 is 0 Å². The zero-order chi connectivity index (χ0) is 13.2. The number of halogens is 1. The summed E-state index contributed by atoms with van der Waals surface area (Å²) in [4.78, 5) is 0. The second-order valence-corrected chi connectivity index (χ2v) is 4.16. The third-order valence-corrected chi connectivity index (χ3v) is 2.78. The van der Waals surface area contributed by atoms with Crippen LogP contribution in [-0.2, 0) is 4.74 Å². The van der Waals surface area contributed by atoms with Crippen molar-refractivity contribution in [2.45, 2.75) is 25.8 Å². The van der Waals surface area contributed by atoms with Crippen molar-refractivity contribution in [2.24, 2.45) is 0 Å². The smallest absolute Gasteiger partial charge is 0.123 e. The standard InChI is InChI=1S/C15H22FNO/c1-3-5-11-18-12-10-17-15(4-2)13-6-8-14(16)9-7-13/h3,6-9,15,17H,1,4-5,10-12H2,2H3. The van der Waals surface area contributed by atoms with E-state index < -0.39 is 0 Å². The molecule has 0 saturated carbocycles. The summed E-state index contributed by atoms with van der Waals surface area (Å²) in [5.41, 5.74) is 1.12. The highest BCUT2D eigenvalue weighted by atomic mass is 19.1. The zero-order valence-electron chi connectivity index (χ0n) is 11.0. The Bertz CT molecular complexity index is 337. The number of ether oxygens (including phenoxy) is 1. The number of rotatable bonds is 9. The SMILES string of the molecule is C=CCCOCCNC(CC)c1ccc(F)cc1. The summed E-state index contributed by atoms with van der Waals surface area (Å²) in [5.74, 6) is -0.193. The lowest BCUT2D eigenvalue weighted by Crippen LogP contribution is -2.25. The molecule has 0 aromatic heterocycles. The molecule has 18 heavy (non-hydrogen) atoms. The molecule has 0 bridgehead atoms. The van der Waals surface area contributed by atoms with Gasteiger partial charge in [-0.2, -0.15) is 0 Å². The number of hydrogen-bond donors (Lipinski definition) is 1. The fourth-order valence-electron chi connectivity index (χ4n) is 1.77. The molecule has 1 aromatic rings. The molecule has 1 atom stereocenters. The summed E-state index contributed by atoms with van der Waals surface area (Å²) in [6, 6.07) is 6.92. The van der Waals surface area contributed by atoms with Crippen molar-refractivity contribution in [2.75, 3.05) is 19.8 Å². The second kappa shape index (κ2) is 8.84. The van der Waals surface area contributed by atoms with E-state index in [-0.39, 0.29) is 11.9 Å². The van der Waals surface area contributed by atoms with E-state index in [2.05, 4.69) is 18.8 Å². The minimum atomic E-state index is -0.193. The van der Waals surface area contributed by atoms with E-state index in [1.807, 2.05) is 18.2 Å². The first-order valence-corrected chi connectivity index (χ1v) is 6.45. The third kappa shape index (κ3) is 5.43. The molecule has 1 rings (SSSR count). The Kier molecular flexibility index (Phi) is 7.30. The van der Waals surface area contributed by atoms with Crippen molar-refractivity contribution in [1.29, 1.82) is 0 Å². The molecule has 100 valence electrons. The fourth-order valence-corrected chi connectivity index (χ4v) is 1.77. The van der Waals surface area contributed by atoms with Crippen LogP contribution in [0.4, 0.5) is 4.39 Å². The van der Waals surface area contributed by atoms with Gasteiger partial charge >= 0.3 is 0 Å². The van der Waals surface area contributed by atoms with Crippen molar-refractivity contribution < 1.29 is 9.13 Å². The predicted molar refractivity (Wildman–Crippen MR) is 73.1 cm³/mol. The topological polar surface area (TPSA) is 21.3 Å². The maximum Gasteiger partial charge on any atom is 0.123 e. The predicted octanol–water partition coefficient (Wildman–Crippen LogP) is 3.46. The lowest BCUT2D eigenvalue weighted by Gasteiger charge is -2.17. The van der Waals surface area contributed by atoms with Crippen molar-refractivity contribution in [3.05, 3.63) is 48.3 Å². The van der Waals surface area contributed by atoms with Gasteiger partial charge in [-0.1, -0.05) is 25.1 Å². The zero-order valence-corrected chi connectivity index (χ0v) is 11.0. The Labute approximate surface area is 109 Å². The van der Waals surface area contributed by atoms with Gasteiger partial charge in [-0.05, 0) is 30.5 Å². The van der Waals surface area contributed by atoms with E-state index in [0.29, 0.717) is 6.61 Å².